The van der Waals surface area contributed by atoms with Gasteiger partial charge in [-0.25, -0.2) is 8.78 Å². The van der Waals surface area contributed by atoms with E-state index in [1.54, 1.807) is 6.92 Å². The Morgan fingerprint density at radius 1 is 1.11 bits per heavy atom. The van der Waals surface area contributed by atoms with Gasteiger partial charge in [0.1, 0.15) is 17.7 Å². The number of nitrogens with zero attached hydrogens (tertiary/aromatic N) is 3. The summed E-state index contributed by atoms with van der Waals surface area (Å²) in [6.07, 6.45) is 1.57. The second kappa shape index (κ2) is 7.75. The van der Waals surface area contributed by atoms with Gasteiger partial charge in [0.25, 0.3) is 0 Å². The quantitative estimate of drug-likeness (QED) is 0.404. The van der Waals surface area contributed by atoms with E-state index in [-0.39, 0.29) is 5.75 Å². The van der Waals surface area contributed by atoms with Crippen LogP contribution >= 0.6 is 15.9 Å². The third kappa shape index (κ3) is 4.25. The molecule has 0 N–H and O–H groups in total. The molecule has 1 atom stereocenters. The van der Waals surface area contributed by atoms with E-state index in [0.717, 1.165) is 6.20 Å². The number of benzene rings is 1. The first-order chi connectivity index (χ1) is 12.8. The van der Waals surface area contributed by atoms with Gasteiger partial charge >= 0.3 is 5.82 Å². The summed E-state index contributed by atoms with van der Waals surface area (Å²) in [7, 11) is 0. The molecule has 1 aromatic carbocycles. The number of nitro groups is 1. The maximum absolute atomic E-state index is 13.8. The number of hydrogen-bond acceptors (Lipinski definition) is 5. The Morgan fingerprint density at radius 3 is 2.52 bits per heavy atom. The zero-order valence-corrected chi connectivity index (χ0v) is 15.5. The summed E-state index contributed by atoms with van der Waals surface area (Å²) in [5.74, 6) is -1.53. The third-order valence-corrected chi connectivity index (χ3v) is 4.16. The van der Waals surface area contributed by atoms with Crippen molar-refractivity contribution in [3.05, 3.63) is 80.6 Å². The summed E-state index contributed by atoms with van der Waals surface area (Å²) in [4.78, 5) is 18.2. The number of aromatic nitrogens is 2. The van der Waals surface area contributed by atoms with E-state index in [9.17, 15) is 18.9 Å². The van der Waals surface area contributed by atoms with Crippen LogP contribution in [0.3, 0.4) is 0 Å². The van der Waals surface area contributed by atoms with Crippen molar-refractivity contribution in [3.63, 3.8) is 0 Å². The molecule has 3 rings (SSSR count). The summed E-state index contributed by atoms with van der Waals surface area (Å²) >= 11 is 3.19. The van der Waals surface area contributed by atoms with Gasteiger partial charge < -0.3 is 14.9 Å². The fraction of sp³-hybridized carbons (Fsp3) is 0.111. The van der Waals surface area contributed by atoms with Gasteiger partial charge in [0.2, 0.25) is 5.75 Å². The first-order valence-corrected chi connectivity index (χ1v) is 8.52. The molecular weight excluding hydrogens is 424 g/mol. The second-order valence-electron chi connectivity index (χ2n) is 5.59. The Labute approximate surface area is 161 Å². The van der Waals surface area contributed by atoms with Gasteiger partial charge in [0.05, 0.1) is 16.4 Å². The van der Waals surface area contributed by atoms with Crippen LogP contribution in [0.15, 0.2) is 53.3 Å². The standard InChI is InChI=1S/C18H12BrF2N3O3/c1-10(27-17-6-11(19)8-23-18(17)24(25)26)15-7-12(20)2-4-14(15)16-5-3-13(21)9-22-16/h2-10H,1H3. The molecular formula is C18H12BrF2N3O3. The van der Waals surface area contributed by atoms with Gasteiger partial charge in [-0.05, 0) is 63.1 Å². The first-order valence-electron chi connectivity index (χ1n) is 7.73. The minimum Gasteiger partial charge on any atom is -0.478 e. The van der Waals surface area contributed by atoms with Gasteiger partial charge in [-0.15, -0.1) is 0 Å². The summed E-state index contributed by atoms with van der Waals surface area (Å²) in [6, 6.07) is 8.11. The van der Waals surface area contributed by atoms with E-state index < -0.39 is 28.5 Å². The van der Waals surface area contributed by atoms with E-state index in [0.29, 0.717) is 21.3 Å². The number of pyridine rings is 2. The van der Waals surface area contributed by atoms with Crippen molar-refractivity contribution in [2.75, 3.05) is 0 Å². The molecule has 9 heteroatoms. The van der Waals surface area contributed by atoms with Crippen LogP contribution in [0.2, 0.25) is 0 Å². The summed E-state index contributed by atoms with van der Waals surface area (Å²) < 4.78 is 33.2. The molecule has 2 heterocycles. The van der Waals surface area contributed by atoms with Crippen LogP contribution in [0.5, 0.6) is 5.75 Å². The largest absolute Gasteiger partial charge is 0.478 e. The lowest BCUT2D eigenvalue weighted by molar-refractivity contribution is -0.390. The van der Waals surface area contributed by atoms with Crippen molar-refractivity contribution in [3.8, 4) is 17.0 Å². The van der Waals surface area contributed by atoms with Crippen molar-refractivity contribution < 1.29 is 18.4 Å². The van der Waals surface area contributed by atoms with E-state index in [2.05, 4.69) is 25.9 Å². The Bertz CT molecular complexity index is 1000. The highest BCUT2D eigenvalue weighted by Crippen LogP contribution is 2.35. The zero-order valence-electron chi connectivity index (χ0n) is 13.9. The Kier molecular flexibility index (Phi) is 5.41. The zero-order chi connectivity index (χ0) is 19.6. The Morgan fingerprint density at radius 2 is 1.85 bits per heavy atom. The van der Waals surface area contributed by atoms with Gasteiger partial charge in [0.15, 0.2) is 6.20 Å². The molecule has 1 unspecified atom stereocenters. The van der Waals surface area contributed by atoms with Crippen LogP contribution < -0.4 is 4.74 Å². The minimum atomic E-state index is -0.766. The number of hydrogen-bond donors (Lipinski definition) is 0. The lowest BCUT2D eigenvalue weighted by Gasteiger charge is -2.18. The van der Waals surface area contributed by atoms with E-state index >= 15 is 0 Å². The monoisotopic (exact) mass is 435 g/mol. The predicted molar refractivity (Wildman–Crippen MR) is 97.2 cm³/mol. The van der Waals surface area contributed by atoms with Crippen LogP contribution in [0.1, 0.15) is 18.6 Å². The number of ether oxygens (including phenoxy) is 1. The van der Waals surface area contributed by atoms with E-state index in [4.69, 9.17) is 4.74 Å². The molecule has 0 radical (unpaired) electrons. The van der Waals surface area contributed by atoms with Crippen LogP contribution in [-0.4, -0.2) is 14.9 Å². The highest BCUT2D eigenvalue weighted by Gasteiger charge is 2.22. The number of rotatable bonds is 5. The average Bonchev–Trinajstić information content (AvgIpc) is 2.62. The van der Waals surface area contributed by atoms with Crippen LogP contribution in [0, 0.1) is 21.7 Å². The molecule has 6 nitrogen and oxygen atoms in total. The summed E-state index contributed by atoms with van der Waals surface area (Å²) in [6.45, 7) is 1.62. The maximum Gasteiger partial charge on any atom is 0.406 e. The molecule has 0 saturated carbocycles. The first kappa shape index (κ1) is 18.8. The fourth-order valence-electron chi connectivity index (χ4n) is 2.53. The molecule has 27 heavy (non-hydrogen) atoms. The molecule has 0 aliphatic rings. The SMILES string of the molecule is CC(Oc1cc(Br)cnc1[N+](=O)[O-])c1cc(F)ccc1-c1ccc(F)cn1. The lowest BCUT2D eigenvalue weighted by atomic mass is 10.00. The molecule has 0 saturated heterocycles. The van der Waals surface area contributed by atoms with Crippen LogP contribution in [0.25, 0.3) is 11.3 Å². The van der Waals surface area contributed by atoms with Crippen molar-refractivity contribution in [2.45, 2.75) is 13.0 Å². The summed E-state index contributed by atoms with van der Waals surface area (Å²) in [5, 5.41) is 11.2. The Hall–Kier alpha value is -2.94. The minimum absolute atomic E-state index is 0.0656. The van der Waals surface area contributed by atoms with E-state index in [1.165, 1.54) is 42.6 Å². The van der Waals surface area contributed by atoms with Crippen molar-refractivity contribution in [2.24, 2.45) is 0 Å². The summed E-state index contributed by atoms with van der Waals surface area (Å²) in [5.41, 5.74) is 1.35. The van der Waals surface area contributed by atoms with Crippen LogP contribution in [-0.2, 0) is 0 Å². The van der Waals surface area contributed by atoms with E-state index in [1.807, 2.05) is 0 Å². The van der Waals surface area contributed by atoms with Gasteiger partial charge in [-0.2, -0.15) is 0 Å². The second-order valence-corrected chi connectivity index (χ2v) is 6.50. The number of halogens is 3. The smallest absolute Gasteiger partial charge is 0.406 e. The maximum atomic E-state index is 13.8. The van der Waals surface area contributed by atoms with Crippen molar-refractivity contribution in [1.82, 2.24) is 9.97 Å². The highest BCUT2D eigenvalue weighted by molar-refractivity contribution is 9.10. The molecule has 2 aromatic heterocycles. The average molecular weight is 436 g/mol. The van der Waals surface area contributed by atoms with Gasteiger partial charge in [-0.3, -0.25) is 4.98 Å². The van der Waals surface area contributed by atoms with Crippen LogP contribution in [0.4, 0.5) is 14.6 Å². The molecule has 0 aliphatic carbocycles. The lowest BCUT2D eigenvalue weighted by Crippen LogP contribution is -2.08. The molecule has 0 amide bonds. The van der Waals surface area contributed by atoms with Crippen molar-refractivity contribution >= 4 is 21.7 Å². The van der Waals surface area contributed by atoms with Gasteiger partial charge in [-0.1, -0.05) is 0 Å². The normalized spacial score (nSPS) is 11.9. The fourth-order valence-corrected chi connectivity index (χ4v) is 2.84. The molecule has 0 bridgehead atoms. The molecule has 0 aliphatic heterocycles. The van der Waals surface area contributed by atoms with Gasteiger partial charge in [0, 0.05) is 17.2 Å². The molecule has 3 aromatic rings. The van der Waals surface area contributed by atoms with Crippen molar-refractivity contribution in [1.29, 1.82) is 0 Å². The topological polar surface area (TPSA) is 78.2 Å². The third-order valence-electron chi connectivity index (χ3n) is 3.73. The predicted octanol–water partition coefficient (Wildman–Crippen LogP) is 5.23. The molecule has 138 valence electrons. The Balaban J connectivity index is 2.01. The highest BCUT2D eigenvalue weighted by atomic mass is 79.9. The molecule has 0 spiro atoms. The molecule has 0 fully saturated rings.